The summed E-state index contributed by atoms with van der Waals surface area (Å²) in [6, 6.07) is 8.08. The highest BCUT2D eigenvalue weighted by molar-refractivity contribution is 5.94. The van der Waals surface area contributed by atoms with Crippen molar-refractivity contribution in [2.24, 2.45) is 5.92 Å². The summed E-state index contributed by atoms with van der Waals surface area (Å²) < 4.78 is 0. The van der Waals surface area contributed by atoms with Crippen molar-refractivity contribution in [1.29, 1.82) is 0 Å². The summed E-state index contributed by atoms with van der Waals surface area (Å²) in [7, 11) is 1.96. The fourth-order valence-corrected chi connectivity index (χ4v) is 3.91. The van der Waals surface area contributed by atoms with E-state index in [2.05, 4.69) is 5.32 Å². The number of amides is 2. The van der Waals surface area contributed by atoms with Crippen molar-refractivity contribution in [2.75, 3.05) is 33.2 Å². The molecular formula is C20H29N3O2. The van der Waals surface area contributed by atoms with Gasteiger partial charge in [-0.05, 0) is 51.8 Å². The van der Waals surface area contributed by atoms with E-state index in [0.717, 1.165) is 50.9 Å². The van der Waals surface area contributed by atoms with E-state index in [1.807, 2.05) is 48.0 Å². The molecule has 1 aromatic rings. The van der Waals surface area contributed by atoms with Gasteiger partial charge in [-0.25, -0.2) is 0 Å². The maximum atomic E-state index is 12.9. The molecule has 0 aromatic heterocycles. The Hall–Kier alpha value is -1.88. The molecule has 136 valence electrons. The van der Waals surface area contributed by atoms with Crippen LogP contribution < -0.4 is 5.32 Å². The average molecular weight is 343 g/mol. The zero-order chi connectivity index (χ0) is 17.8. The number of benzene rings is 1. The Morgan fingerprint density at radius 3 is 2.40 bits per heavy atom. The van der Waals surface area contributed by atoms with Crippen LogP contribution in [0.4, 0.5) is 0 Å². The molecule has 2 amide bonds. The van der Waals surface area contributed by atoms with Crippen LogP contribution in [0, 0.1) is 12.8 Å². The van der Waals surface area contributed by atoms with Crippen LogP contribution in [0.25, 0.3) is 0 Å². The number of hydrogen-bond acceptors (Lipinski definition) is 3. The summed E-state index contributed by atoms with van der Waals surface area (Å²) in [5.41, 5.74) is 1.86. The van der Waals surface area contributed by atoms with Gasteiger partial charge in [0.2, 0.25) is 5.91 Å². The van der Waals surface area contributed by atoms with E-state index in [1.165, 1.54) is 0 Å². The lowest BCUT2D eigenvalue weighted by atomic mass is 9.94. The van der Waals surface area contributed by atoms with Gasteiger partial charge in [-0.3, -0.25) is 9.59 Å². The molecule has 0 spiro atoms. The third kappa shape index (κ3) is 4.21. The van der Waals surface area contributed by atoms with Crippen molar-refractivity contribution in [3.8, 4) is 0 Å². The topological polar surface area (TPSA) is 52.7 Å². The van der Waals surface area contributed by atoms with E-state index in [4.69, 9.17) is 0 Å². The maximum Gasteiger partial charge on any atom is 0.253 e. The average Bonchev–Trinajstić information content (AvgIpc) is 2.67. The van der Waals surface area contributed by atoms with Gasteiger partial charge in [-0.15, -0.1) is 0 Å². The van der Waals surface area contributed by atoms with Crippen LogP contribution >= 0.6 is 0 Å². The summed E-state index contributed by atoms with van der Waals surface area (Å²) >= 11 is 0. The molecule has 2 aliphatic heterocycles. The molecule has 3 rings (SSSR count). The van der Waals surface area contributed by atoms with E-state index in [9.17, 15) is 9.59 Å². The van der Waals surface area contributed by atoms with Crippen molar-refractivity contribution in [3.63, 3.8) is 0 Å². The number of aryl methyl sites for hydroxylation is 1. The molecule has 5 heteroatoms. The van der Waals surface area contributed by atoms with Crippen LogP contribution in [-0.2, 0) is 4.79 Å². The normalized spacial score (nSPS) is 24.2. The second-order valence-corrected chi connectivity index (χ2v) is 7.37. The first-order valence-corrected chi connectivity index (χ1v) is 9.40. The lowest BCUT2D eigenvalue weighted by Crippen LogP contribution is -2.52. The zero-order valence-electron chi connectivity index (χ0n) is 15.3. The quantitative estimate of drug-likeness (QED) is 0.914. The number of rotatable bonds is 3. The van der Waals surface area contributed by atoms with Crippen LogP contribution in [-0.4, -0.2) is 60.9 Å². The summed E-state index contributed by atoms with van der Waals surface area (Å²) in [5, 5.41) is 3.29. The number of likely N-dealkylation sites (tertiary alicyclic amines) is 2. The van der Waals surface area contributed by atoms with Crippen molar-refractivity contribution in [2.45, 2.75) is 38.6 Å². The molecule has 5 nitrogen and oxygen atoms in total. The van der Waals surface area contributed by atoms with Gasteiger partial charge in [0.1, 0.15) is 0 Å². The molecule has 2 unspecified atom stereocenters. The third-order valence-corrected chi connectivity index (χ3v) is 5.50. The Morgan fingerprint density at radius 2 is 1.68 bits per heavy atom. The Labute approximate surface area is 150 Å². The summed E-state index contributed by atoms with van der Waals surface area (Å²) in [4.78, 5) is 29.5. The number of nitrogens with zero attached hydrogens (tertiary/aromatic N) is 2. The number of nitrogens with one attached hydrogen (secondary N) is 1. The molecule has 2 atom stereocenters. The predicted molar refractivity (Wildman–Crippen MR) is 98.5 cm³/mol. The SMILES string of the molecule is CNC1CCCN(C(=O)C2CCCN(C(=O)c3ccc(C)cc3)C2)C1. The van der Waals surface area contributed by atoms with Crippen LogP contribution in [0.2, 0.25) is 0 Å². The van der Waals surface area contributed by atoms with E-state index < -0.39 is 0 Å². The minimum Gasteiger partial charge on any atom is -0.341 e. The Kier molecular flexibility index (Phi) is 5.74. The number of hydrogen-bond donors (Lipinski definition) is 1. The van der Waals surface area contributed by atoms with Gasteiger partial charge < -0.3 is 15.1 Å². The fourth-order valence-electron chi connectivity index (χ4n) is 3.91. The van der Waals surface area contributed by atoms with Gasteiger partial charge in [0.25, 0.3) is 5.91 Å². The molecule has 2 fully saturated rings. The molecule has 2 aliphatic rings. The first-order chi connectivity index (χ1) is 12.1. The summed E-state index contributed by atoms with van der Waals surface area (Å²) in [6.45, 7) is 4.94. The van der Waals surface area contributed by atoms with Crippen molar-refractivity contribution in [3.05, 3.63) is 35.4 Å². The van der Waals surface area contributed by atoms with Crippen LogP contribution in [0.3, 0.4) is 0 Å². The Bertz CT molecular complexity index is 614. The maximum absolute atomic E-state index is 12.9. The molecule has 25 heavy (non-hydrogen) atoms. The Morgan fingerprint density at radius 1 is 1.00 bits per heavy atom. The minimum absolute atomic E-state index is 0.0456. The molecular weight excluding hydrogens is 314 g/mol. The van der Waals surface area contributed by atoms with Crippen molar-refractivity contribution < 1.29 is 9.59 Å². The van der Waals surface area contributed by atoms with Crippen LogP contribution in [0.15, 0.2) is 24.3 Å². The molecule has 0 bridgehead atoms. The van der Waals surface area contributed by atoms with Crippen LogP contribution in [0.1, 0.15) is 41.6 Å². The van der Waals surface area contributed by atoms with Gasteiger partial charge in [0, 0.05) is 37.8 Å². The highest BCUT2D eigenvalue weighted by Gasteiger charge is 2.33. The van der Waals surface area contributed by atoms with Crippen LogP contribution in [0.5, 0.6) is 0 Å². The number of carbonyl (C=O) groups excluding carboxylic acids is 2. The van der Waals surface area contributed by atoms with E-state index >= 15 is 0 Å². The summed E-state index contributed by atoms with van der Waals surface area (Å²) in [6.07, 6.45) is 3.97. The third-order valence-electron chi connectivity index (χ3n) is 5.50. The highest BCUT2D eigenvalue weighted by atomic mass is 16.2. The molecule has 2 heterocycles. The first kappa shape index (κ1) is 17.9. The van der Waals surface area contributed by atoms with Gasteiger partial charge in [0.05, 0.1) is 5.92 Å². The van der Waals surface area contributed by atoms with Gasteiger partial charge in [-0.2, -0.15) is 0 Å². The molecule has 2 saturated heterocycles. The molecule has 0 saturated carbocycles. The number of likely N-dealkylation sites (N-methyl/N-ethyl adjacent to an activating group) is 1. The fraction of sp³-hybridized carbons (Fsp3) is 0.600. The van der Waals surface area contributed by atoms with E-state index in [1.54, 1.807) is 0 Å². The monoisotopic (exact) mass is 343 g/mol. The lowest BCUT2D eigenvalue weighted by Gasteiger charge is -2.38. The largest absolute Gasteiger partial charge is 0.341 e. The molecule has 0 radical (unpaired) electrons. The van der Waals surface area contributed by atoms with E-state index in [-0.39, 0.29) is 17.7 Å². The standard InChI is InChI=1S/C20H29N3O2/c1-15-7-9-16(10-8-15)19(24)22-11-3-5-17(13-22)20(25)23-12-4-6-18(14-23)21-2/h7-10,17-18,21H,3-6,11-14H2,1-2H3. The first-order valence-electron chi connectivity index (χ1n) is 9.40. The highest BCUT2D eigenvalue weighted by Crippen LogP contribution is 2.22. The number of piperidine rings is 2. The van der Waals surface area contributed by atoms with Crippen molar-refractivity contribution >= 4 is 11.8 Å². The van der Waals surface area contributed by atoms with Gasteiger partial charge >= 0.3 is 0 Å². The zero-order valence-corrected chi connectivity index (χ0v) is 15.3. The molecule has 1 aromatic carbocycles. The molecule has 1 N–H and O–H groups in total. The lowest BCUT2D eigenvalue weighted by molar-refractivity contribution is -0.138. The summed E-state index contributed by atoms with van der Waals surface area (Å²) in [5.74, 6) is 0.212. The molecule has 0 aliphatic carbocycles. The second-order valence-electron chi connectivity index (χ2n) is 7.37. The Balaban J connectivity index is 1.63. The van der Waals surface area contributed by atoms with Gasteiger partial charge in [0.15, 0.2) is 0 Å². The predicted octanol–water partition coefficient (Wildman–Crippen LogP) is 2.06. The van der Waals surface area contributed by atoms with E-state index in [0.29, 0.717) is 18.2 Å². The second kappa shape index (κ2) is 8.00. The van der Waals surface area contributed by atoms with Crippen molar-refractivity contribution in [1.82, 2.24) is 15.1 Å². The van der Waals surface area contributed by atoms with Gasteiger partial charge in [-0.1, -0.05) is 17.7 Å². The minimum atomic E-state index is -0.0567. The number of carbonyl (C=O) groups is 2. The smallest absolute Gasteiger partial charge is 0.253 e.